The Morgan fingerprint density at radius 3 is 0.714 bits per heavy atom. The Bertz CT molecular complexity index is 278. The molecule has 0 aromatic rings. The van der Waals surface area contributed by atoms with E-state index >= 15 is 0 Å². The molecule has 0 bridgehead atoms. The molecule has 0 spiro atoms. The van der Waals surface area contributed by atoms with Crippen molar-refractivity contribution in [1.29, 1.82) is 0 Å². The Morgan fingerprint density at radius 1 is 0.714 bits per heavy atom. The second-order valence-corrected chi connectivity index (χ2v) is 6.10. The first-order valence-electron chi connectivity index (χ1n) is 0.913. The van der Waals surface area contributed by atoms with Crippen LogP contribution in [-0.2, 0) is 52.4 Å². The average molecular weight is 367 g/mol. The Morgan fingerprint density at radius 2 is 0.714 bits per heavy atom. The fourth-order valence-electron chi connectivity index (χ4n) is 0. The van der Waals surface area contributed by atoms with Crippen molar-refractivity contribution in [3.8, 4) is 0 Å². The molecular formula is O5PdTa. The average Bonchev–Trinajstić information content (AvgIpc) is 0.650. The minimum Gasteiger partial charge on any atom is 0 e. The predicted molar refractivity (Wildman–Crippen MR) is 3.43 cm³/mol. The van der Waals surface area contributed by atoms with Crippen molar-refractivity contribution >= 4 is 0 Å². The Kier molecular flexibility index (Phi) is 2.56. The summed E-state index contributed by atoms with van der Waals surface area (Å²) < 4.78 is 43.4. The van der Waals surface area contributed by atoms with Crippen molar-refractivity contribution in [3.05, 3.63) is 0 Å². The van der Waals surface area contributed by atoms with Crippen LogP contribution in [0.3, 0.4) is 0 Å². The van der Waals surface area contributed by atoms with Crippen molar-refractivity contribution in [2.75, 3.05) is 0 Å². The molecule has 7 heteroatoms. The van der Waals surface area contributed by atoms with Crippen LogP contribution >= 0.6 is 0 Å². The van der Waals surface area contributed by atoms with Gasteiger partial charge in [-0.15, -0.1) is 0 Å². The first kappa shape index (κ1) is 10.4. The van der Waals surface area contributed by atoms with Gasteiger partial charge in [-0.25, -0.2) is 0 Å². The van der Waals surface area contributed by atoms with Crippen LogP contribution in [0.1, 0.15) is 0 Å². The molecule has 0 saturated carbocycles. The summed E-state index contributed by atoms with van der Waals surface area (Å²) in [6.07, 6.45) is 0. The second kappa shape index (κ2) is 1.73. The topological polar surface area (TPSA) is 85.3 Å². The third-order valence-corrected chi connectivity index (χ3v) is 0. The molecule has 0 aliphatic rings. The van der Waals surface area contributed by atoms with E-state index in [0.29, 0.717) is 0 Å². The summed E-state index contributed by atoms with van der Waals surface area (Å²) in [4.78, 5) is 0. The van der Waals surface area contributed by atoms with Gasteiger partial charge in [0.05, 0.1) is 0 Å². The number of hydrogen-bond donors (Lipinski definition) is 0. The van der Waals surface area contributed by atoms with Crippen LogP contribution < -0.4 is 0 Å². The van der Waals surface area contributed by atoms with E-state index < -0.39 is 15.7 Å². The zero-order valence-corrected chi connectivity index (χ0v) is 7.57. The van der Waals surface area contributed by atoms with Gasteiger partial charge in [0.1, 0.15) is 0 Å². The molecule has 0 heterocycles. The van der Waals surface area contributed by atoms with Crippen molar-refractivity contribution in [1.82, 2.24) is 0 Å². The zero-order valence-electron chi connectivity index (χ0n) is 2.80. The van der Waals surface area contributed by atoms with Gasteiger partial charge in [-0.3, -0.25) is 0 Å². The summed E-state index contributed by atoms with van der Waals surface area (Å²) in [6.45, 7) is 0. The molecular weight excluding hydrogens is 367 g/mol. The molecule has 0 atom stereocenters. The van der Waals surface area contributed by atoms with E-state index in [4.69, 9.17) is 16.3 Å². The first-order valence-corrected chi connectivity index (χ1v) is 7.47. The van der Waals surface area contributed by atoms with E-state index in [1.54, 1.807) is 0 Å². The van der Waals surface area contributed by atoms with Crippen molar-refractivity contribution in [2.45, 2.75) is 0 Å². The van der Waals surface area contributed by atoms with Crippen molar-refractivity contribution in [3.63, 3.8) is 0 Å². The number of hydrogen-bond acceptors (Lipinski definition) is 5. The van der Waals surface area contributed by atoms with Crippen LogP contribution in [0.15, 0.2) is 0 Å². The molecule has 0 rings (SSSR count). The SMILES string of the molecule is [O]=[Ta](=[O])(=[O])(=[O])=[O].[Pd]. The molecule has 0 saturated heterocycles. The summed E-state index contributed by atoms with van der Waals surface area (Å²) >= 11 is -8.05. The third-order valence-electron chi connectivity index (χ3n) is 0. The molecule has 0 aromatic heterocycles. The van der Waals surface area contributed by atoms with Gasteiger partial charge in [-0.1, -0.05) is 0 Å². The second-order valence-electron chi connectivity index (χ2n) is 0.745. The van der Waals surface area contributed by atoms with Crippen LogP contribution in [0.2, 0.25) is 0 Å². The van der Waals surface area contributed by atoms with Crippen LogP contribution in [0.25, 0.3) is 0 Å². The van der Waals surface area contributed by atoms with E-state index in [0.717, 1.165) is 0 Å². The Hall–Kier alpha value is 0.403. The van der Waals surface area contributed by atoms with E-state index in [1.165, 1.54) is 0 Å². The summed E-state index contributed by atoms with van der Waals surface area (Å²) in [6, 6.07) is 0. The first-order chi connectivity index (χ1) is 2.24. The Labute approximate surface area is 52.4 Å². The molecule has 45 valence electrons. The minimum atomic E-state index is -8.05. The molecule has 0 aliphatic carbocycles. The van der Waals surface area contributed by atoms with Crippen LogP contribution in [-0.4, -0.2) is 0 Å². The van der Waals surface area contributed by atoms with Gasteiger partial charge in [0.15, 0.2) is 0 Å². The maximum Gasteiger partial charge on any atom is 0 e. The number of rotatable bonds is 0. The van der Waals surface area contributed by atoms with Gasteiger partial charge < -0.3 is 0 Å². The molecule has 7 heavy (non-hydrogen) atoms. The maximum absolute atomic E-state index is 8.67. The summed E-state index contributed by atoms with van der Waals surface area (Å²) in [5, 5.41) is 0. The Balaban J connectivity index is 0. The molecule has 0 unspecified atom stereocenters. The summed E-state index contributed by atoms with van der Waals surface area (Å²) in [7, 11) is 0. The fraction of sp³-hybridized carbons (Fsp3) is 0. The monoisotopic (exact) mass is 367 g/mol. The van der Waals surface area contributed by atoms with Gasteiger partial charge in [0, 0.05) is 20.4 Å². The van der Waals surface area contributed by atoms with E-state index in [9.17, 15) is 0 Å². The molecule has 5 nitrogen and oxygen atoms in total. The third kappa shape index (κ3) is 766. The molecule has 0 fully saturated rings. The molecule has 0 N–H and O–H groups in total. The fourth-order valence-corrected chi connectivity index (χ4v) is 0. The van der Waals surface area contributed by atoms with E-state index in [2.05, 4.69) is 0 Å². The summed E-state index contributed by atoms with van der Waals surface area (Å²) in [5.74, 6) is 0. The van der Waals surface area contributed by atoms with Gasteiger partial charge >= 0.3 is 31.9 Å². The molecule has 0 radical (unpaired) electrons. The van der Waals surface area contributed by atoms with Crippen LogP contribution in [0.4, 0.5) is 0 Å². The smallest absolute Gasteiger partial charge is 0 e. The molecule has 0 amide bonds. The van der Waals surface area contributed by atoms with Crippen molar-refractivity contribution < 1.29 is 52.4 Å². The van der Waals surface area contributed by atoms with Gasteiger partial charge in [-0.05, 0) is 0 Å². The predicted octanol–water partition coefficient (Wildman–Crippen LogP) is -0.599. The standard InChI is InChI=1S/5O.Pd.Ta. The minimum absolute atomic E-state index is 0. The van der Waals surface area contributed by atoms with Gasteiger partial charge in [0.2, 0.25) is 0 Å². The van der Waals surface area contributed by atoms with Gasteiger partial charge in [0.25, 0.3) is 0 Å². The zero-order chi connectivity index (χ0) is 5.45. The summed E-state index contributed by atoms with van der Waals surface area (Å²) in [5.41, 5.74) is 0. The molecule has 0 aliphatic heterocycles. The normalized spacial score (nSPS) is 8.57. The van der Waals surface area contributed by atoms with Crippen molar-refractivity contribution in [2.24, 2.45) is 0 Å². The van der Waals surface area contributed by atoms with E-state index in [-0.39, 0.29) is 20.4 Å². The molecule has 0 aromatic carbocycles. The van der Waals surface area contributed by atoms with Gasteiger partial charge in [-0.2, -0.15) is 0 Å². The van der Waals surface area contributed by atoms with Crippen LogP contribution in [0, 0.1) is 0 Å². The quantitative estimate of drug-likeness (QED) is 0.534. The maximum atomic E-state index is 8.67. The van der Waals surface area contributed by atoms with Crippen LogP contribution in [0.5, 0.6) is 0 Å². The largest absolute Gasteiger partial charge is 0 e. The van der Waals surface area contributed by atoms with E-state index in [1.807, 2.05) is 0 Å².